The molecule has 0 rings (SSSR count). The molecule has 0 spiro atoms. The third-order valence-corrected chi connectivity index (χ3v) is 2.37. The maximum atomic E-state index is 9.67. The summed E-state index contributed by atoms with van der Waals surface area (Å²) in [6, 6.07) is 0. The number of hydrogen-bond donors (Lipinski definition) is 2. The lowest BCUT2D eigenvalue weighted by atomic mass is 10.2. The van der Waals surface area contributed by atoms with Gasteiger partial charge in [0.1, 0.15) is 0 Å². The van der Waals surface area contributed by atoms with Crippen molar-refractivity contribution in [2.75, 3.05) is 32.9 Å². The lowest BCUT2D eigenvalue weighted by Crippen LogP contribution is -2.34. The van der Waals surface area contributed by atoms with Crippen molar-refractivity contribution in [3.8, 4) is 0 Å². The van der Waals surface area contributed by atoms with Crippen molar-refractivity contribution in [1.29, 1.82) is 0 Å². The Morgan fingerprint density at radius 3 is 2.44 bits per heavy atom. The van der Waals surface area contributed by atoms with Crippen molar-refractivity contribution >= 4 is 0 Å². The minimum absolute atomic E-state index is 0.186. The zero-order chi connectivity index (χ0) is 13.9. The third-order valence-electron chi connectivity index (χ3n) is 2.37. The van der Waals surface area contributed by atoms with Crippen LogP contribution in [0.4, 0.5) is 0 Å². The maximum absolute atomic E-state index is 9.67. The molecule has 18 heavy (non-hydrogen) atoms. The van der Waals surface area contributed by atoms with Crippen molar-refractivity contribution in [2.45, 2.75) is 58.7 Å². The van der Waals surface area contributed by atoms with Crippen LogP contribution in [0.25, 0.3) is 0 Å². The number of ether oxygens (including phenoxy) is 2. The molecule has 0 saturated carbocycles. The highest BCUT2D eigenvalue weighted by molar-refractivity contribution is 4.64. The molecule has 2 N–H and O–H groups in total. The van der Waals surface area contributed by atoms with Crippen LogP contribution in [0, 0.1) is 0 Å². The molecule has 0 fully saturated rings. The van der Waals surface area contributed by atoms with Gasteiger partial charge in [-0.1, -0.05) is 13.3 Å². The van der Waals surface area contributed by atoms with Crippen molar-refractivity contribution in [2.24, 2.45) is 0 Å². The van der Waals surface area contributed by atoms with Crippen LogP contribution in [0.5, 0.6) is 0 Å². The molecule has 0 amide bonds. The molecule has 0 aliphatic rings. The van der Waals surface area contributed by atoms with Crippen molar-refractivity contribution < 1.29 is 14.6 Å². The molecule has 1 unspecified atom stereocenters. The molecule has 0 radical (unpaired) electrons. The molecule has 4 heteroatoms. The molecule has 1 atom stereocenters. The second-order valence-corrected chi connectivity index (χ2v) is 5.60. The minimum Gasteiger partial charge on any atom is -0.389 e. The van der Waals surface area contributed by atoms with Crippen LogP contribution >= 0.6 is 0 Å². The molecule has 4 nitrogen and oxygen atoms in total. The second kappa shape index (κ2) is 10.7. The SMILES string of the molecule is CCCCOCCCNCC(O)COC(C)(C)C. The van der Waals surface area contributed by atoms with Gasteiger partial charge in [0, 0.05) is 19.8 Å². The van der Waals surface area contributed by atoms with Crippen molar-refractivity contribution in [3.63, 3.8) is 0 Å². The monoisotopic (exact) mass is 261 g/mol. The maximum Gasteiger partial charge on any atom is 0.0897 e. The fourth-order valence-electron chi connectivity index (χ4n) is 1.32. The first-order chi connectivity index (χ1) is 8.45. The predicted molar refractivity (Wildman–Crippen MR) is 74.9 cm³/mol. The lowest BCUT2D eigenvalue weighted by Gasteiger charge is -2.22. The summed E-state index contributed by atoms with van der Waals surface area (Å²) in [5, 5.41) is 12.9. The Labute approximate surface area is 112 Å². The average molecular weight is 261 g/mol. The van der Waals surface area contributed by atoms with Crippen LogP contribution in [0.2, 0.25) is 0 Å². The first-order valence-corrected chi connectivity index (χ1v) is 7.06. The van der Waals surface area contributed by atoms with E-state index in [1.165, 1.54) is 6.42 Å². The molecule has 110 valence electrons. The molecule has 0 saturated heterocycles. The fraction of sp³-hybridized carbons (Fsp3) is 1.00. The normalized spacial score (nSPS) is 13.8. The zero-order valence-electron chi connectivity index (χ0n) is 12.5. The second-order valence-electron chi connectivity index (χ2n) is 5.60. The Morgan fingerprint density at radius 2 is 1.83 bits per heavy atom. The highest BCUT2D eigenvalue weighted by Gasteiger charge is 2.12. The lowest BCUT2D eigenvalue weighted by molar-refractivity contribution is -0.0478. The standard InChI is InChI=1S/C14H31NO3/c1-5-6-9-17-10-7-8-15-11-13(16)12-18-14(2,3)4/h13,15-16H,5-12H2,1-4H3. The van der Waals surface area contributed by atoms with Crippen molar-refractivity contribution in [3.05, 3.63) is 0 Å². The van der Waals surface area contributed by atoms with E-state index in [1.54, 1.807) is 0 Å². The Morgan fingerprint density at radius 1 is 1.17 bits per heavy atom. The van der Waals surface area contributed by atoms with Gasteiger partial charge in [-0.25, -0.2) is 0 Å². The summed E-state index contributed by atoms with van der Waals surface area (Å²) >= 11 is 0. The van der Waals surface area contributed by atoms with Gasteiger partial charge < -0.3 is 19.9 Å². The number of unbranched alkanes of at least 4 members (excludes halogenated alkanes) is 1. The molecule has 0 aliphatic heterocycles. The first-order valence-electron chi connectivity index (χ1n) is 7.06. The summed E-state index contributed by atoms with van der Waals surface area (Å²) in [6.07, 6.45) is 2.86. The summed E-state index contributed by atoms with van der Waals surface area (Å²) < 4.78 is 10.9. The highest BCUT2D eigenvalue weighted by atomic mass is 16.5. The van der Waals surface area contributed by atoms with Gasteiger partial charge in [0.2, 0.25) is 0 Å². The van der Waals surface area contributed by atoms with E-state index in [-0.39, 0.29) is 5.60 Å². The van der Waals surface area contributed by atoms with Crippen LogP contribution in [-0.4, -0.2) is 49.7 Å². The predicted octanol–water partition coefficient (Wildman–Crippen LogP) is 1.96. The Hall–Kier alpha value is -0.160. The summed E-state index contributed by atoms with van der Waals surface area (Å²) in [5.41, 5.74) is -0.186. The molecular weight excluding hydrogens is 230 g/mol. The van der Waals surface area contributed by atoms with E-state index in [0.717, 1.165) is 32.6 Å². The smallest absolute Gasteiger partial charge is 0.0897 e. The van der Waals surface area contributed by atoms with Gasteiger partial charge in [0.05, 0.1) is 18.3 Å². The topological polar surface area (TPSA) is 50.7 Å². The van der Waals surface area contributed by atoms with E-state index in [0.29, 0.717) is 13.2 Å². The van der Waals surface area contributed by atoms with Crippen LogP contribution in [0.3, 0.4) is 0 Å². The van der Waals surface area contributed by atoms with Gasteiger partial charge in [-0.3, -0.25) is 0 Å². The number of aliphatic hydroxyl groups excluding tert-OH is 1. The van der Waals surface area contributed by atoms with Gasteiger partial charge in [-0.2, -0.15) is 0 Å². The minimum atomic E-state index is -0.440. The quantitative estimate of drug-likeness (QED) is 0.558. The van der Waals surface area contributed by atoms with Gasteiger partial charge in [0.25, 0.3) is 0 Å². The molecule has 0 aromatic carbocycles. The third kappa shape index (κ3) is 13.9. The summed E-state index contributed by atoms with van der Waals surface area (Å²) in [4.78, 5) is 0. The number of nitrogens with one attached hydrogen (secondary N) is 1. The van der Waals surface area contributed by atoms with E-state index in [4.69, 9.17) is 9.47 Å². The van der Waals surface area contributed by atoms with Crippen LogP contribution in [0.15, 0.2) is 0 Å². The number of aliphatic hydroxyl groups is 1. The van der Waals surface area contributed by atoms with E-state index < -0.39 is 6.10 Å². The van der Waals surface area contributed by atoms with Crippen LogP contribution in [0.1, 0.15) is 47.0 Å². The van der Waals surface area contributed by atoms with E-state index in [9.17, 15) is 5.11 Å². The summed E-state index contributed by atoms with van der Waals surface area (Å²) in [7, 11) is 0. The van der Waals surface area contributed by atoms with Gasteiger partial charge >= 0.3 is 0 Å². The number of hydrogen-bond acceptors (Lipinski definition) is 4. The Bertz CT molecular complexity index is 180. The fourth-order valence-corrected chi connectivity index (χ4v) is 1.32. The van der Waals surface area contributed by atoms with E-state index in [1.807, 2.05) is 20.8 Å². The summed E-state index contributed by atoms with van der Waals surface area (Å²) in [5.74, 6) is 0. The Balaban J connectivity index is 3.23. The average Bonchev–Trinajstić information content (AvgIpc) is 2.29. The largest absolute Gasteiger partial charge is 0.389 e. The number of rotatable bonds is 11. The first kappa shape index (κ1) is 17.8. The molecule has 0 aromatic rings. The van der Waals surface area contributed by atoms with Gasteiger partial charge in [-0.05, 0) is 40.2 Å². The molecule has 0 heterocycles. The zero-order valence-corrected chi connectivity index (χ0v) is 12.5. The van der Waals surface area contributed by atoms with E-state index in [2.05, 4.69) is 12.2 Å². The molecule has 0 bridgehead atoms. The molecule has 0 aromatic heterocycles. The molecular formula is C14H31NO3. The van der Waals surface area contributed by atoms with Crippen molar-refractivity contribution in [1.82, 2.24) is 5.32 Å². The molecule has 0 aliphatic carbocycles. The summed E-state index contributed by atoms with van der Waals surface area (Å²) in [6.45, 7) is 11.6. The Kier molecular flexibility index (Phi) is 10.6. The highest BCUT2D eigenvalue weighted by Crippen LogP contribution is 2.06. The van der Waals surface area contributed by atoms with Crippen LogP contribution < -0.4 is 5.32 Å². The van der Waals surface area contributed by atoms with Gasteiger partial charge in [0.15, 0.2) is 0 Å². The van der Waals surface area contributed by atoms with Crippen LogP contribution in [-0.2, 0) is 9.47 Å². The van der Waals surface area contributed by atoms with E-state index >= 15 is 0 Å². The van der Waals surface area contributed by atoms with Gasteiger partial charge in [-0.15, -0.1) is 0 Å².